The minimum absolute atomic E-state index is 0.0109. The first-order chi connectivity index (χ1) is 12.0. The second-order valence-corrected chi connectivity index (χ2v) is 11.1. The maximum absolute atomic E-state index is 12.3. The van der Waals surface area contributed by atoms with Gasteiger partial charge in [0.1, 0.15) is 0 Å². The largest absolute Gasteiger partial charge is 0.293 e. The van der Waals surface area contributed by atoms with Crippen LogP contribution in [0.1, 0.15) is 46.0 Å². The number of hydrogen-bond acceptors (Lipinski definition) is 5. The number of hydrogen-bond donors (Lipinski definition) is 1. The Morgan fingerprint density at radius 2 is 1.85 bits per heavy atom. The van der Waals surface area contributed by atoms with Gasteiger partial charge in [-0.1, -0.05) is 32.4 Å². The normalized spacial score (nSPS) is 26.7. The summed E-state index contributed by atoms with van der Waals surface area (Å²) in [5.41, 5.74) is 3.40. The fourth-order valence-corrected chi connectivity index (χ4v) is 5.91. The number of piperazine rings is 1. The van der Waals surface area contributed by atoms with Crippen LogP contribution in [0, 0.1) is 0 Å². The van der Waals surface area contributed by atoms with Crippen LogP contribution >= 0.6 is 0 Å². The molecule has 2 aliphatic rings. The molecule has 26 heavy (non-hydrogen) atoms. The topological polar surface area (TPSA) is 69.3 Å². The van der Waals surface area contributed by atoms with Crippen LogP contribution < -0.4 is 0 Å². The second-order valence-electron chi connectivity index (χ2n) is 8.99. The molecule has 1 aromatic rings. The molecule has 0 amide bonds. The standard InChI is InChI=1S/C19H32N4O2S/c1-14(2)6-7-22-8-9-23(17-13-26(24,25)12-16(17)22)11-15-10-18(21-20-15)19(3,4)5/h6,10,16-17H,7-9,11-13H2,1-5H3,(H,20,21)/t16-,17+/m0/s1. The minimum atomic E-state index is -2.97. The van der Waals surface area contributed by atoms with Crippen molar-refractivity contribution in [1.29, 1.82) is 0 Å². The van der Waals surface area contributed by atoms with E-state index in [4.69, 9.17) is 0 Å². The number of sulfone groups is 1. The van der Waals surface area contributed by atoms with Crippen molar-refractivity contribution >= 4 is 9.84 Å². The molecule has 146 valence electrons. The minimum Gasteiger partial charge on any atom is -0.293 e. The lowest BCUT2D eigenvalue weighted by Crippen LogP contribution is -2.58. The number of H-pyrrole nitrogens is 1. The van der Waals surface area contributed by atoms with Gasteiger partial charge in [0.05, 0.1) is 17.2 Å². The third-order valence-electron chi connectivity index (χ3n) is 5.41. The fourth-order valence-electron chi connectivity index (χ4n) is 3.87. The number of nitrogens with zero attached hydrogens (tertiary/aromatic N) is 3. The third-order valence-corrected chi connectivity index (χ3v) is 7.11. The van der Waals surface area contributed by atoms with Gasteiger partial charge < -0.3 is 0 Å². The van der Waals surface area contributed by atoms with Crippen molar-refractivity contribution in [1.82, 2.24) is 20.0 Å². The predicted molar refractivity (Wildman–Crippen MR) is 105 cm³/mol. The lowest BCUT2D eigenvalue weighted by molar-refractivity contribution is 0.0470. The number of nitrogens with one attached hydrogen (secondary N) is 1. The van der Waals surface area contributed by atoms with E-state index in [2.05, 4.69) is 66.8 Å². The molecule has 2 aliphatic heterocycles. The van der Waals surface area contributed by atoms with Gasteiger partial charge in [0, 0.05) is 49.4 Å². The first-order valence-corrected chi connectivity index (χ1v) is 11.2. The molecule has 1 N–H and O–H groups in total. The molecule has 0 saturated carbocycles. The Labute approximate surface area is 157 Å². The van der Waals surface area contributed by atoms with Crippen molar-refractivity contribution in [3.8, 4) is 0 Å². The zero-order chi connectivity index (χ0) is 19.1. The van der Waals surface area contributed by atoms with Crippen LogP contribution in [0.2, 0.25) is 0 Å². The summed E-state index contributed by atoms with van der Waals surface area (Å²) in [4.78, 5) is 4.67. The molecule has 3 heterocycles. The first-order valence-electron chi connectivity index (χ1n) is 9.42. The SMILES string of the molecule is CC(C)=CCN1CCN(Cc2cc(C(C)(C)C)n[nH]2)[C@@H]2CS(=O)(=O)C[C@@H]21. The van der Waals surface area contributed by atoms with Crippen molar-refractivity contribution < 1.29 is 8.42 Å². The van der Waals surface area contributed by atoms with Crippen LogP contribution in [0.3, 0.4) is 0 Å². The lowest BCUT2D eigenvalue weighted by Gasteiger charge is -2.43. The Kier molecular flexibility index (Phi) is 5.34. The van der Waals surface area contributed by atoms with Gasteiger partial charge in [-0.05, 0) is 19.9 Å². The monoisotopic (exact) mass is 380 g/mol. The van der Waals surface area contributed by atoms with Crippen LogP contribution in [-0.4, -0.2) is 71.6 Å². The van der Waals surface area contributed by atoms with E-state index >= 15 is 0 Å². The molecule has 0 aliphatic carbocycles. The summed E-state index contributed by atoms with van der Waals surface area (Å²) < 4.78 is 24.7. The van der Waals surface area contributed by atoms with Gasteiger partial charge in [0.25, 0.3) is 0 Å². The summed E-state index contributed by atoms with van der Waals surface area (Å²) in [6, 6.07) is 2.28. The van der Waals surface area contributed by atoms with E-state index < -0.39 is 9.84 Å². The summed E-state index contributed by atoms with van der Waals surface area (Å²) in [6.45, 7) is 14.0. The number of fused-ring (bicyclic) bond motifs is 1. The van der Waals surface area contributed by atoms with Gasteiger partial charge in [-0.2, -0.15) is 5.10 Å². The number of rotatable bonds is 4. The Hall–Kier alpha value is -1.18. The van der Waals surface area contributed by atoms with Crippen LogP contribution in [0.25, 0.3) is 0 Å². The molecule has 2 saturated heterocycles. The van der Waals surface area contributed by atoms with Crippen molar-refractivity contribution in [3.05, 3.63) is 29.1 Å². The molecule has 0 aromatic carbocycles. The highest BCUT2D eigenvalue weighted by Gasteiger charge is 2.46. The second kappa shape index (κ2) is 7.09. The highest BCUT2D eigenvalue weighted by Crippen LogP contribution is 2.29. The smallest absolute Gasteiger partial charge is 0.153 e. The molecular weight excluding hydrogens is 348 g/mol. The number of allylic oxidation sites excluding steroid dienone is 1. The fraction of sp³-hybridized carbons (Fsp3) is 0.737. The summed E-state index contributed by atoms with van der Waals surface area (Å²) in [5.74, 6) is 0.546. The average Bonchev–Trinajstić information content (AvgIpc) is 3.09. The van der Waals surface area contributed by atoms with E-state index in [1.165, 1.54) is 5.57 Å². The maximum atomic E-state index is 12.3. The molecule has 2 fully saturated rings. The molecule has 0 radical (unpaired) electrons. The van der Waals surface area contributed by atoms with Gasteiger partial charge in [-0.3, -0.25) is 14.9 Å². The number of aromatic amines is 1. The van der Waals surface area contributed by atoms with Gasteiger partial charge in [0.15, 0.2) is 9.84 Å². The molecule has 6 nitrogen and oxygen atoms in total. The van der Waals surface area contributed by atoms with Crippen molar-refractivity contribution in [2.24, 2.45) is 0 Å². The Bertz CT molecular complexity index is 772. The predicted octanol–water partition coefficient (Wildman–Crippen LogP) is 1.96. The van der Waals surface area contributed by atoms with E-state index in [0.29, 0.717) is 0 Å². The number of aromatic nitrogens is 2. The van der Waals surface area contributed by atoms with Gasteiger partial charge in [-0.15, -0.1) is 0 Å². The Morgan fingerprint density at radius 3 is 2.42 bits per heavy atom. The maximum Gasteiger partial charge on any atom is 0.153 e. The first kappa shape index (κ1) is 19.6. The summed E-state index contributed by atoms with van der Waals surface area (Å²) >= 11 is 0. The molecule has 7 heteroatoms. The highest BCUT2D eigenvalue weighted by molar-refractivity contribution is 7.91. The Balaban J connectivity index is 1.75. The van der Waals surface area contributed by atoms with Crippen molar-refractivity contribution in [2.45, 2.75) is 58.7 Å². The molecule has 0 bridgehead atoms. The summed E-state index contributed by atoms with van der Waals surface area (Å²) in [5, 5.41) is 7.59. The van der Waals surface area contributed by atoms with Crippen molar-refractivity contribution in [3.63, 3.8) is 0 Å². The van der Waals surface area contributed by atoms with E-state index in [1.54, 1.807) is 0 Å². The molecule has 0 spiro atoms. The van der Waals surface area contributed by atoms with E-state index in [0.717, 1.165) is 37.6 Å². The average molecular weight is 381 g/mol. The Morgan fingerprint density at radius 1 is 1.23 bits per heavy atom. The third kappa shape index (κ3) is 4.38. The zero-order valence-corrected chi connectivity index (χ0v) is 17.4. The molecule has 1 aromatic heterocycles. The van der Waals surface area contributed by atoms with Gasteiger partial charge >= 0.3 is 0 Å². The van der Waals surface area contributed by atoms with E-state index in [9.17, 15) is 8.42 Å². The van der Waals surface area contributed by atoms with E-state index in [-0.39, 0.29) is 29.0 Å². The van der Waals surface area contributed by atoms with Crippen LogP contribution in [0.15, 0.2) is 17.7 Å². The molecule has 3 rings (SSSR count). The van der Waals surface area contributed by atoms with Crippen LogP contribution in [0.4, 0.5) is 0 Å². The summed E-state index contributed by atoms with van der Waals surface area (Å²) in [6.07, 6.45) is 2.20. The van der Waals surface area contributed by atoms with Gasteiger partial charge in [-0.25, -0.2) is 8.42 Å². The highest BCUT2D eigenvalue weighted by atomic mass is 32.2. The lowest BCUT2D eigenvalue weighted by atomic mass is 9.92. The van der Waals surface area contributed by atoms with Gasteiger partial charge in [0.2, 0.25) is 0 Å². The van der Waals surface area contributed by atoms with Crippen molar-refractivity contribution in [2.75, 3.05) is 31.1 Å². The quantitative estimate of drug-likeness (QED) is 0.809. The van der Waals surface area contributed by atoms with E-state index in [1.807, 2.05) is 0 Å². The zero-order valence-electron chi connectivity index (χ0n) is 16.6. The van der Waals surface area contributed by atoms with Crippen LogP contribution in [-0.2, 0) is 21.8 Å². The summed E-state index contributed by atoms with van der Waals surface area (Å²) in [7, 11) is -2.97. The van der Waals surface area contributed by atoms with Crippen LogP contribution in [0.5, 0.6) is 0 Å². The molecule has 0 unspecified atom stereocenters. The molecule has 2 atom stereocenters. The molecular formula is C19H32N4O2S.